The van der Waals surface area contributed by atoms with Gasteiger partial charge in [0.2, 0.25) is 5.91 Å². The van der Waals surface area contributed by atoms with Crippen LogP contribution in [0.5, 0.6) is 0 Å². The fourth-order valence-corrected chi connectivity index (χ4v) is 4.52. The van der Waals surface area contributed by atoms with Gasteiger partial charge in [-0.1, -0.05) is 18.6 Å². The van der Waals surface area contributed by atoms with Gasteiger partial charge in [-0.15, -0.1) is 0 Å². The Hall–Kier alpha value is -2.38. The number of nitrogens with zero attached hydrogens (tertiary/aromatic N) is 1. The lowest BCUT2D eigenvalue weighted by molar-refractivity contribution is -0.137. The van der Waals surface area contributed by atoms with Crippen molar-refractivity contribution in [2.45, 2.75) is 26.4 Å². The first-order valence-electron chi connectivity index (χ1n) is 10.4. The van der Waals surface area contributed by atoms with E-state index in [0.717, 1.165) is 29.4 Å². The van der Waals surface area contributed by atoms with Crippen LogP contribution in [0.4, 0.5) is 0 Å². The maximum atomic E-state index is 12.6. The van der Waals surface area contributed by atoms with Crippen molar-refractivity contribution in [3.8, 4) is 0 Å². The molecule has 0 spiro atoms. The van der Waals surface area contributed by atoms with Gasteiger partial charge in [0.1, 0.15) is 5.69 Å². The average Bonchev–Trinajstić information content (AvgIpc) is 3.33. The molecule has 1 unspecified atom stereocenters. The Bertz CT molecular complexity index is 909. The van der Waals surface area contributed by atoms with Crippen molar-refractivity contribution in [1.29, 1.82) is 0 Å². The molecule has 0 radical (unpaired) electrons. The Morgan fingerprint density at radius 2 is 2.21 bits per heavy atom. The van der Waals surface area contributed by atoms with Crippen LogP contribution in [-0.4, -0.2) is 60.6 Å². The SMILES string of the molecule is Cc1ccc2[nH]c(C(=O)NC[C@H]3OC[C@@H]4CCN(C(=O)C(C)CN)C[C@H]43)cc2c1. The van der Waals surface area contributed by atoms with Crippen LogP contribution in [0, 0.1) is 24.7 Å². The Morgan fingerprint density at radius 3 is 3.00 bits per heavy atom. The van der Waals surface area contributed by atoms with Crippen LogP contribution < -0.4 is 11.1 Å². The molecule has 4 rings (SSSR count). The number of aromatic nitrogens is 1. The number of hydrogen-bond donors (Lipinski definition) is 3. The minimum Gasteiger partial charge on any atom is -0.376 e. The average molecular weight is 399 g/mol. The Kier molecular flexibility index (Phi) is 5.61. The monoisotopic (exact) mass is 398 g/mol. The van der Waals surface area contributed by atoms with E-state index in [2.05, 4.69) is 16.4 Å². The van der Waals surface area contributed by atoms with E-state index >= 15 is 0 Å². The van der Waals surface area contributed by atoms with E-state index in [-0.39, 0.29) is 29.8 Å². The number of H-pyrrole nitrogens is 1. The normalized spacial score (nSPS) is 25.1. The first kappa shape index (κ1) is 19.9. The molecule has 2 aliphatic heterocycles. The Morgan fingerprint density at radius 1 is 1.38 bits per heavy atom. The first-order chi connectivity index (χ1) is 14.0. The van der Waals surface area contributed by atoms with Gasteiger partial charge >= 0.3 is 0 Å². The van der Waals surface area contributed by atoms with Crippen LogP contribution in [0.1, 0.15) is 29.4 Å². The minimum atomic E-state index is -0.155. The highest BCUT2D eigenvalue weighted by Crippen LogP contribution is 2.34. The first-order valence-corrected chi connectivity index (χ1v) is 10.4. The lowest BCUT2D eigenvalue weighted by atomic mass is 9.84. The molecule has 2 aromatic rings. The molecule has 2 aliphatic rings. The fourth-order valence-electron chi connectivity index (χ4n) is 4.52. The van der Waals surface area contributed by atoms with Crippen molar-refractivity contribution in [3.63, 3.8) is 0 Å². The maximum Gasteiger partial charge on any atom is 0.267 e. The summed E-state index contributed by atoms with van der Waals surface area (Å²) in [7, 11) is 0. The predicted octanol–water partition coefficient (Wildman–Crippen LogP) is 1.66. The van der Waals surface area contributed by atoms with Crippen LogP contribution in [-0.2, 0) is 9.53 Å². The summed E-state index contributed by atoms with van der Waals surface area (Å²) < 4.78 is 5.99. The van der Waals surface area contributed by atoms with E-state index in [4.69, 9.17) is 10.5 Å². The van der Waals surface area contributed by atoms with Crippen LogP contribution in [0.2, 0.25) is 0 Å². The van der Waals surface area contributed by atoms with Gasteiger partial charge in [-0.3, -0.25) is 9.59 Å². The molecule has 2 amide bonds. The summed E-state index contributed by atoms with van der Waals surface area (Å²) in [6.07, 6.45) is 0.874. The second kappa shape index (κ2) is 8.16. The number of benzene rings is 1. The zero-order valence-corrected chi connectivity index (χ0v) is 17.1. The number of rotatable bonds is 5. The number of nitrogens with one attached hydrogen (secondary N) is 2. The summed E-state index contributed by atoms with van der Waals surface area (Å²) in [5.74, 6) is 0.534. The largest absolute Gasteiger partial charge is 0.376 e. The number of likely N-dealkylation sites (tertiary alicyclic amines) is 1. The van der Waals surface area contributed by atoms with Gasteiger partial charge in [-0.2, -0.15) is 0 Å². The number of aryl methyl sites for hydroxylation is 1. The molecule has 156 valence electrons. The summed E-state index contributed by atoms with van der Waals surface area (Å²) in [6, 6.07) is 7.95. The van der Waals surface area contributed by atoms with Crippen LogP contribution in [0.15, 0.2) is 24.3 Å². The summed E-state index contributed by atoms with van der Waals surface area (Å²) in [4.78, 5) is 30.3. The number of carbonyl (C=O) groups is 2. The summed E-state index contributed by atoms with van der Waals surface area (Å²) in [5, 5.41) is 4.04. The molecule has 4 N–H and O–H groups in total. The van der Waals surface area contributed by atoms with Gasteiger partial charge < -0.3 is 25.7 Å². The lowest BCUT2D eigenvalue weighted by Crippen LogP contribution is -2.49. The number of aromatic amines is 1. The van der Waals surface area contributed by atoms with Gasteiger partial charge in [-0.05, 0) is 37.5 Å². The van der Waals surface area contributed by atoms with Gasteiger partial charge in [0.15, 0.2) is 0 Å². The second-order valence-corrected chi connectivity index (χ2v) is 8.49. The summed E-state index contributed by atoms with van der Waals surface area (Å²) in [5.41, 5.74) is 8.33. The summed E-state index contributed by atoms with van der Waals surface area (Å²) >= 11 is 0. The molecule has 1 aromatic heterocycles. The van der Waals surface area contributed by atoms with Crippen molar-refractivity contribution in [2.24, 2.45) is 23.5 Å². The van der Waals surface area contributed by atoms with Crippen molar-refractivity contribution in [2.75, 3.05) is 32.8 Å². The number of nitrogens with two attached hydrogens (primary N) is 1. The molecule has 29 heavy (non-hydrogen) atoms. The maximum absolute atomic E-state index is 12.6. The molecule has 7 heteroatoms. The van der Waals surface area contributed by atoms with Crippen molar-refractivity contribution < 1.29 is 14.3 Å². The third-order valence-corrected chi connectivity index (χ3v) is 6.38. The number of carbonyl (C=O) groups excluding carboxylic acids is 2. The zero-order valence-electron chi connectivity index (χ0n) is 17.1. The van der Waals surface area contributed by atoms with Crippen molar-refractivity contribution >= 4 is 22.7 Å². The quantitative estimate of drug-likeness (QED) is 0.713. The lowest BCUT2D eigenvalue weighted by Gasteiger charge is -2.37. The summed E-state index contributed by atoms with van der Waals surface area (Å²) in [6.45, 7) is 6.87. The minimum absolute atomic E-state index is 0.0700. The van der Waals surface area contributed by atoms with Gasteiger partial charge in [-0.25, -0.2) is 0 Å². The molecule has 0 saturated carbocycles. The number of amides is 2. The molecule has 2 saturated heterocycles. The Labute approximate surface area is 171 Å². The highest BCUT2D eigenvalue weighted by molar-refractivity contribution is 5.98. The number of piperidine rings is 1. The smallest absolute Gasteiger partial charge is 0.267 e. The molecular formula is C22H30N4O3. The fraction of sp³-hybridized carbons (Fsp3) is 0.545. The highest BCUT2D eigenvalue weighted by atomic mass is 16.5. The van der Waals surface area contributed by atoms with Crippen molar-refractivity contribution in [1.82, 2.24) is 15.2 Å². The second-order valence-electron chi connectivity index (χ2n) is 8.49. The van der Waals surface area contributed by atoms with E-state index in [1.807, 2.05) is 36.9 Å². The van der Waals surface area contributed by atoms with Crippen molar-refractivity contribution in [3.05, 3.63) is 35.5 Å². The molecule has 7 nitrogen and oxygen atoms in total. The highest BCUT2D eigenvalue weighted by Gasteiger charge is 2.42. The molecule has 0 aliphatic carbocycles. The van der Waals surface area contributed by atoms with E-state index in [1.54, 1.807) is 0 Å². The third kappa shape index (κ3) is 4.02. The number of ether oxygens (including phenoxy) is 1. The topological polar surface area (TPSA) is 100 Å². The number of fused-ring (bicyclic) bond motifs is 2. The zero-order chi connectivity index (χ0) is 20.5. The predicted molar refractivity (Wildman–Crippen MR) is 112 cm³/mol. The number of hydrogen-bond acceptors (Lipinski definition) is 4. The standard InChI is InChI=1S/C22H30N4O3/c1-13-3-4-18-16(7-13)8-19(25-18)21(27)24-10-20-17-11-26(22(28)14(2)9-23)6-5-15(17)12-29-20/h3-4,7-8,14-15,17,20,25H,5-6,9-12,23H2,1-2H3,(H,24,27)/t14?,15-,17+,20+/m0/s1. The van der Waals surface area contributed by atoms with Gasteiger partial charge in [0.05, 0.1) is 12.7 Å². The molecule has 0 bridgehead atoms. The van der Waals surface area contributed by atoms with Crippen LogP contribution in [0.3, 0.4) is 0 Å². The third-order valence-electron chi connectivity index (χ3n) is 6.38. The van der Waals surface area contributed by atoms with Gasteiger partial charge in [0.25, 0.3) is 5.91 Å². The van der Waals surface area contributed by atoms with Crippen LogP contribution in [0.25, 0.3) is 10.9 Å². The molecule has 3 heterocycles. The van der Waals surface area contributed by atoms with E-state index in [0.29, 0.717) is 37.9 Å². The molecule has 1 aromatic carbocycles. The van der Waals surface area contributed by atoms with E-state index in [9.17, 15) is 9.59 Å². The van der Waals surface area contributed by atoms with E-state index < -0.39 is 0 Å². The van der Waals surface area contributed by atoms with Crippen LogP contribution >= 0.6 is 0 Å². The van der Waals surface area contributed by atoms with Gasteiger partial charge in [0, 0.05) is 48.9 Å². The molecular weight excluding hydrogens is 368 g/mol. The van der Waals surface area contributed by atoms with E-state index in [1.165, 1.54) is 0 Å². The molecule has 2 fully saturated rings. The Balaban J connectivity index is 1.37. The molecule has 4 atom stereocenters.